The summed E-state index contributed by atoms with van der Waals surface area (Å²) in [6.45, 7) is 2.83. The largest absolute Gasteiger partial charge is 0.463 e. The number of likely N-dealkylation sites (tertiary alicyclic amines) is 1. The Morgan fingerprint density at radius 2 is 1.94 bits per heavy atom. The first kappa shape index (κ1) is 19.0. The predicted octanol–water partition coefficient (Wildman–Crippen LogP) is 4.77. The average Bonchev–Trinajstić information content (AvgIpc) is 3.19. The van der Waals surface area contributed by atoms with Gasteiger partial charge in [-0.05, 0) is 41.5 Å². The fraction of sp³-hybridized carbons (Fsp3) is 0.160. The van der Waals surface area contributed by atoms with Crippen LogP contribution in [-0.4, -0.2) is 35.0 Å². The Hall–Kier alpha value is -3.71. The number of rotatable bonds is 3. The molecule has 7 heteroatoms. The van der Waals surface area contributed by atoms with Crippen LogP contribution in [0.4, 0.5) is 0 Å². The molecule has 1 fully saturated rings. The molecule has 0 spiro atoms. The number of para-hydroxylation sites is 1. The van der Waals surface area contributed by atoms with Gasteiger partial charge in [0.05, 0.1) is 23.3 Å². The Bertz CT molecular complexity index is 1580. The third-order valence-electron chi connectivity index (χ3n) is 5.88. The molecule has 1 aliphatic heterocycles. The third kappa shape index (κ3) is 3.05. The second-order valence-corrected chi connectivity index (χ2v) is 8.99. The molecule has 1 aliphatic rings. The van der Waals surface area contributed by atoms with E-state index in [-0.39, 0.29) is 17.6 Å². The quantitative estimate of drug-likeness (QED) is 0.297. The van der Waals surface area contributed by atoms with Crippen molar-refractivity contribution in [2.75, 3.05) is 13.1 Å². The van der Waals surface area contributed by atoms with E-state index in [0.717, 1.165) is 31.9 Å². The van der Waals surface area contributed by atoms with Crippen molar-refractivity contribution in [3.8, 4) is 5.19 Å². The molecule has 3 aromatic carbocycles. The lowest BCUT2D eigenvalue weighted by Crippen LogP contribution is -2.56. The second kappa shape index (κ2) is 7.17. The molecule has 0 radical (unpaired) electrons. The monoisotopic (exact) mass is 442 g/mol. The van der Waals surface area contributed by atoms with Gasteiger partial charge in [-0.2, -0.15) is 0 Å². The van der Waals surface area contributed by atoms with Crippen LogP contribution in [0.2, 0.25) is 0 Å². The Morgan fingerprint density at radius 1 is 1.09 bits per heavy atom. The van der Waals surface area contributed by atoms with Crippen LogP contribution in [0.5, 0.6) is 5.19 Å². The van der Waals surface area contributed by atoms with Crippen LogP contribution in [0.25, 0.3) is 32.0 Å². The van der Waals surface area contributed by atoms with Crippen molar-refractivity contribution in [3.05, 3.63) is 82.2 Å². The first-order chi connectivity index (χ1) is 15.6. The van der Waals surface area contributed by atoms with Crippen LogP contribution >= 0.6 is 11.3 Å². The van der Waals surface area contributed by atoms with E-state index in [0.29, 0.717) is 23.9 Å². The number of ether oxygens (including phenoxy) is 1. The fourth-order valence-corrected chi connectivity index (χ4v) is 5.09. The molecule has 6 rings (SSSR count). The van der Waals surface area contributed by atoms with Crippen molar-refractivity contribution in [2.45, 2.75) is 13.0 Å². The molecular formula is C25H18N2O4S. The van der Waals surface area contributed by atoms with Gasteiger partial charge >= 0.3 is 5.63 Å². The van der Waals surface area contributed by atoms with Crippen molar-refractivity contribution in [1.82, 2.24) is 9.88 Å². The number of fused-ring (bicyclic) bond motifs is 4. The van der Waals surface area contributed by atoms with Crippen LogP contribution < -0.4 is 10.4 Å². The Balaban J connectivity index is 1.23. The van der Waals surface area contributed by atoms with Crippen molar-refractivity contribution in [1.29, 1.82) is 0 Å². The lowest BCUT2D eigenvalue weighted by Gasteiger charge is -2.38. The summed E-state index contributed by atoms with van der Waals surface area (Å²) in [7, 11) is 0. The highest BCUT2D eigenvalue weighted by atomic mass is 32.1. The van der Waals surface area contributed by atoms with E-state index in [2.05, 4.69) is 4.98 Å². The highest BCUT2D eigenvalue weighted by molar-refractivity contribution is 7.20. The highest BCUT2D eigenvalue weighted by Gasteiger charge is 2.35. The summed E-state index contributed by atoms with van der Waals surface area (Å²) in [5, 5.41) is 3.32. The molecule has 0 N–H and O–H groups in total. The summed E-state index contributed by atoms with van der Waals surface area (Å²) in [5.74, 6) is -0.339. The van der Waals surface area contributed by atoms with E-state index in [1.807, 2.05) is 55.5 Å². The summed E-state index contributed by atoms with van der Waals surface area (Å²) in [6, 6.07) is 19.2. The maximum Gasteiger partial charge on any atom is 0.349 e. The van der Waals surface area contributed by atoms with Crippen LogP contribution in [0, 0.1) is 6.92 Å². The molecule has 0 bridgehead atoms. The number of benzene rings is 3. The molecule has 1 saturated heterocycles. The molecule has 0 atom stereocenters. The minimum absolute atomic E-state index is 0.0444. The highest BCUT2D eigenvalue weighted by Crippen LogP contribution is 2.31. The average molecular weight is 442 g/mol. The van der Waals surface area contributed by atoms with E-state index in [9.17, 15) is 9.59 Å². The summed E-state index contributed by atoms with van der Waals surface area (Å²) in [5.41, 5.74) is 1.95. The molecule has 3 heterocycles. The van der Waals surface area contributed by atoms with Gasteiger partial charge in [-0.1, -0.05) is 53.8 Å². The van der Waals surface area contributed by atoms with Crippen LogP contribution in [0.15, 0.2) is 69.9 Å². The lowest BCUT2D eigenvalue weighted by molar-refractivity contribution is 0.0175. The van der Waals surface area contributed by atoms with Gasteiger partial charge < -0.3 is 14.1 Å². The number of hydrogen-bond acceptors (Lipinski definition) is 6. The zero-order chi connectivity index (χ0) is 21.8. The summed E-state index contributed by atoms with van der Waals surface area (Å²) in [4.78, 5) is 31.7. The summed E-state index contributed by atoms with van der Waals surface area (Å²) < 4.78 is 12.5. The minimum atomic E-state index is -0.621. The van der Waals surface area contributed by atoms with Crippen LogP contribution in [-0.2, 0) is 0 Å². The van der Waals surface area contributed by atoms with Crippen molar-refractivity contribution < 1.29 is 13.9 Å². The first-order valence-corrected chi connectivity index (χ1v) is 11.2. The van der Waals surface area contributed by atoms with Crippen LogP contribution in [0.1, 0.15) is 15.9 Å². The Morgan fingerprint density at radius 3 is 2.78 bits per heavy atom. The van der Waals surface area contributed by atoms with Gasteiger partial charge in [-0.25, -0.2) is 9.78 Å². The van der Waals surface area contributed by atoms with Gasteiger partial charge in [-0.3, -0.25) is 4.79 Å². The summed E-state index contributed by atoms with van der Waals surface area (Å²) >= 11 is 1.50. The van der Waals surface area contributed by atoms with Gasteiger partial charge in [0.2, 0.25) is 0 Å². The zero-order valence-corrected chi connectivity index (χ0v) is 18.0. The lowest BCUT2D eigenvalue weighted by atomic mass is 10.0. The van der Waals surface area contributed by atoms with Gasteiger partial charge in [0.25, 0.3) is 11.1 Å². The molecule has 158 valence electrons. The SMILES string of the molecule is Cc1cccc2sc(OC3CN(C(=O)c4cc5c(ccc6ccccc65)oc4=O)C3)nc12. The Kier molecular flexibility index (Phi) is 4.26. The number of aromatic nitrogens is 1. The number of carbonyl (C=O) groups is 1. The number of amides is 1. The Labute approximate surface area is 186 Å². The van der Waals surface area contributed by atoms with Gasteiger partial charge in [0.1, 0.15) is 17.3 Å². The van der Waals surface area contributed by atoms with Crippen molar-refractivity contribution in [3.63, 3.8) is 0 Å². The summed E-state index contributed by atoms with van der Waals surface area (Å²) in [6.07, 6.45) is -0.145. The number of hydrogen-bond donors (Lipinski definition) is 0. The molecule has 2 aromatic heterocycles. The zero-order valence-electron chi connectivity index (χ0n) is 17.2. The molecule has 1 amide bonds. The number of aryl methyl sites for hydroxylation is 1. The van der Waals surface area contributed by atoms with E-state index < -0.39 is 5.63 Å². The van der Waals surface area contributed by atoms with Gasteiger partial charge in [0.15, 0.2) is 0 Å². The van der Waals surface area contributed by atoms with E-state index in [4.69, 9.17) is 9.15 Å². The smallest absolute Gasteiger partial charge is 0.349 e. The molecule has 5 aromatic rings. The normalized spacial score (nSPS) is 14.2. The van der Waals surface area contributed by atoms with E-state index >= 15 is 0 Å². The van der Waals surface area contributed by atoms with Crippen molar-refractivity contribution in [2.24, 2.45) is 0 Å². The molecule has 0 saturated carbocycles. The van der Waals surface area contributed by atoms with Crippen molar-refractivity contribution >= 4 is 49.2 Å². The number of carbonyl (C=O) groups excluding carboxylic acids is 1. The fourth-order valence-electron chi connectivity index (χ4n) is 4.13. The second-order valence-electron chi connectivity index (χ2n) is 8.00. The number of thiazole rings is 1. The third-order valence-corrected chi connectivity index (χ3v) is 6.79. The maximum atomic E-state index is 13.0. The molecule has 6 nitrogen and oxygen atoms in total. The number of nitrogens with zero attached hydrogens (tertiary/aromatic N) is 2. The molecule has 0 unspecified atom stereocenters. The standard InChI is InChI=1S/C25H18N2O4S/c1-14-5-4-8-21-22(14)26-25(32-21)30-16-12-27(13-16)23(28)19-11-18-17-7-3-2-6-15(17)9-10-20(18)31-24(19)29/h2-11,16H,12-13H2,1H3. The van der Waals surface area contributed by atoms with E-state index in [1.54, 1.807) is 17.0 Å². The minimum Gasteiger partial charge on any atom is -0.463 e. The predicted molar refractivity (Wildman–Crippen MR) is 125 cm³/mol. The van der Waals surface area contributed by atoms with Gasteiger partial charge in [0, 0.05) is 5.39 Å². The topological polar surface area (TPSA) is 72.6 Å². The first-order valence-electron chi connectivity index (χ1n) is 10.3. The molecular weight excluding hydrogens is 424 g/mol. The van der Waals surface area contributed by atoms with Gasteiger partial charge in [-0.15, -0.1) is 0 Å². The maximum absolute atomic E-state index is 13.0. The van der Waals surface area contributed by atoms with Crippen LogP contribution in [0.3, 0.4) is 0 Å². The van der Waals surface area contributed by atoms with E-state index in [1.165, 1.54) is 11.3 Å². The molecule has 32 heavy (non-hydrogen) atoms. The molecule has 0 aliphatic carbocycles.